The first-order chi connectivity index (χ1) is 7.45. The smallest absolute Gasteiger partial charge is 0.137 e. The third-order valence-electron chi connectivity index (χ3n) is 2.49. The maximum absolute atomic E-state index is 11.3. The number of ether oxygens (including phenoxy) is 1. The molecule has 0 spiro atoms. The summed E-state index contributed by atoms with van der Waals surface area (Å²) in [6, 6.07) is 0. The van der Waals surface area contributed by atoms with E-state index in [1.807, 2.05) is 27.7 Å². The number of Topliss-reactive ketones (excluding diaryl/α,β-unsaturated/α-hetero) is 2. The first kappa shape index (κ1) is 15.3. The summed E-state index contributed by atoms with van der Waals surface area (Å²) in [5.74, 6) is 0.716. The van der Waals surface area contributed by atoms with Gasteiger partial charge in [-0.05, 0) is 6.42 Å². The van der Waals surface area contributed by atoms with Crippen LogP contribution in [0.5, 0.6) is 0 Å². The largest absolute Gasteiger partial charge is 0.381 e. The summed E-state index contributed by atoms with van der Waals surface area (Å²) in [6.07, 6.45) is 1.82. The van der Waals surface area contributed by atoms with Crippen LogP contribution in [-0.4, -0.2) is 24.8 Å². The van der Waals surface area contributed by atoms with Crippen molar-refractivity contribution < 1.29 is 14.3 Å². The van der Waals surface area contributed by atoms with Gasteiger partial charge in [0, 0.05) is 31.3 Å². The molecule has 16 heavy (non-hydrogen) atoms. The van der Waals surface area contributed by atoms with Gasteiger partial charge in [-0.25, -0.2) is 0 Å². The SMILES string of the molecule is CC(C)C(=O)CCCOCCC(=O)C(C)C. The van der Waals surface area contributed by atoms with E-state index < -0.39 is 0 Å². The molecule has 3 nitrogen and oxygen atoms in total. The Hall–Kier alpha value is -0.700. The lowest BCUT2D eigenvalue weighted by Gasteiger charge is -2.06. The van der Waals surface area contributed by atoms with Crippen LogP contribution in [0.3, 0.4) is 0 Å². The second-order valence-corrected chi connectivity index (χ2v) is 4.71. The summed E-state index contributed by atoms with van der Waals surface area (Å²) in [5, 5.41) is 0. The lowest BCUT2D eigenvalue weighted by Crippen LogP contribution is -2.12. The van der Waals surface area contributed by atoms with Crippen molar-refractivity contribution in [1.82, 2.24) is 0 Å². The molecule has 0 aliphatic carbocycles. The third kappa shape index (κ3) is 7.57. The maximum atomic E-state index is 11.3. The highest BCUT2D eigenvalue weighted by molar-refractivity contribution is 5.80. The van der Waals surface area contributed by atoms with Crippen LogP contribution in [0.25, 0.3) is 0 Å². The van der Waals surface area contributed by atoms with Crippen molar-refractivity contribution in [2.45, 2.75) is 47.0 Å². The third-order valence-corrected chi connectivity index (χ3v) is 2.49. The van der Waals surface area contributed by atoms with E-state index in [4.69, 9.17) is 4.74 Å². The molecule has 0 aromatic rings. The standard InChI is InChI=1S/C13H24O3/c1-10(2)12(14)6-5-8-16-9-7-13(15)11(3)4/h10-11H,5-9H2,1-4H3. The normalized spacial score (nSPS) is 11.1. The van der Waals surface area contributed by atoms with Crippen LogP contribution in [0, 0.1) is 11.8 Å². The Balaban J connectivity index is 3.35. The van der Waals surface area contributed by atoms with Crippen LogP contribution in [0.1, 0.15) is 47.0 Å². The molecule has 0 unspecified atom stereocenters. The Morgan fingerprint density at radius 3 is 1.88 bits per heavy atom. The molecular weight excluding hydrogens is 204 g/mol. The first-order valence-electron chi connectivity index (χ1n) is 6.08. The Labute approximate surface area is 98.6 Å². The molecule has 0 aromatic carbocycles. The topological polar surface area (TPSA) is 43.4 Å². The van der Waals surface area contributed by atoms with E-state index in [9.17, 15) is 9.59 Å². The van der Waals surface area contributed by atoms with Gasteiger partial charge < -0.3 is 4.74 Å². The van der Waals surface area contributed by atoms with Crippen molar-refractivity contribution in [3.8, 4) is 0 Å². The van der Waals surface area contributed by atoms with Gasteiger partial charge in [-0.3, -0.25) is 9.59 Å². The lowest BCUT2D eigenvalue weighted by atomic mass is 10.1. The van der Waals surface area contributed by atoms with E-state index >= 15 is 0 Å². The van der Waals surface area contributed by atoms with Crippen molar-refractivity contribution >= 4 is 11.6 Å². The number of hydrogen-bond acceptors (Lipinski definition) is 3. The van der Waals surface area contributed by atoms with Gasteiger partial charge >= 0.3 is 0 Å². The van der Waals surface area contributed by atoms with E-state index in [0.717, 1.165) is 6.42 Å². The zero-order valence-electron chi connectivity index (χ0n) is 10.9. The fourth-order valence-electron chi connectivity index (χ4n) is 1.20. The van der Waals surface area contributed by atoms with Crippen molar-refractivity contribution in [3.63, 3.8) is 0 Å². The van der Waals surface area contributed by atoms with E-state index in [2.05, 4.69) is 0 Å². The zero-order valence-corrected chi connectivity index (χ0v) is 10.9. The average Bonchev–Trinajstić information content (AvgIpc) is 2.21. The molecule has 0 aliphatic heterocycles. The quantitative estimate of drug-likeness (QED) is 0.570. The van der Waals surface area contributed by atoms with Gasteiger partial charge in [0.25, 0.3) is 0 Å². The first-order valence-corrected chi connectivity index (χ1v) is 6.08. The summed E-state index contributed by atoms with van der Waals surface area (Å²) in [5.41, 5.74) is 0. The Morgan fingerprint density at radius 2 is 1.38 bits per heavy atom. The van der Waals surface area contributed by atoms with Crippen molar-refractivity contribution in [1.29, 1.82) is 0 Å². The molecule has 0 amide bonds. The number of rotatable bonds is 9. The molecular formula is C13H24O3. The monoisotopic (exact) mass is 228 g/mol. The lowest BCUT2D eigenvalue weighted by molar-refractivity contribution is -0.124. The van der Waals surface area contributed by atoms with Crippen molar-refractivity contribution in [3.05, 3.63) is 0 Å². The van der Waals surface area contributed by atoms with Gasteiger partial charge in [-0.2, -0.15) is 0 Å². The number of ketones is 2. The average molecular weight is 228 g/mol. The number of carbonyl (C=O) groups excluding carboxylic acids is 2. The minimum absolute atomic E-state index is 0.0890. The van der Waals surface area contributed by atoms with Crippen LogP contribution in [0.15, 0.2) is 0 Å². The maximum Gasteiger partial charge on any atom is 0.137 e. The molecule has 0 aromatic heterocycles. The van der Waals surface area contributed by atoms with E-state index in [1.54, 1.807) is 0 Å². The predicted octanol–water partition coefficient (Wildman–Crippen LogP) is 2.62. The molecule has 0 rings (SSSR count). The summed E-state index contributed by atoms with van der Waals surface area (Å²) in [6.45, 7) is 8.65. The summed E-state index contributed by atoms with van der Waals surface area (Å²) < 4.78 is 5.31. The minimum Gasteiger partial charge on any atom is -0.381 e. The van der Waals surface area contributed by atoms with Crippen LogP contribution in [0.2, 0.25) is 0 Å². The molecule has 0 saturated heterocycles. The van der Waals surface area contributed by atoms with Gasteiger partial charge in [0.2, 0.25) is 0 Å². The highest BCUT2D eigenvalue weighted by atomic mass is 16.5. The summed E-state index contributed by atoms with van der Waals surface area (Å²) in [4.78, 5) is 22.5. The molecule has 0 fully saturated rings. The summed E-state index contributed by atoms with van der Waals surface area (Å²) >= 11 is 0. The molecule has 3 heteroatoms. The van der Waals surface area contributed by atoms with Crippen molar-refractivity contribution in [2.24, 2.45) is 11.8 Å². The molecule has 0 radical (unpaired) electrons. The van der Waals surface area contributed by atoms with Gasteiger partial charge in [0.05, 0.1) is 6.61 Å². The Kier molecular flexibility index (Phi) is 8.08. The molecule has 0 N–H and O–H groups in total. The van der Waals surface area contributed by atoms with Crippen LogP contribution < -0.4 is 0 Å². The van der Waals surface area contributed by atoms with E-state index in [1.165, 1.54) is 0 Å². The minimum atomic E-state index is 0.0890. The van der Waals surface area contributed by atoms with Gasteiger partial charge in [0.1, 0.15) is 11.6 Å². The zero-order chi connectivity index (χ0) is 12.6. The van der Waals surface area contributed by atoms with E-state index in [-0.39, 0.29) is 23.4 Å². The Morgan fingerprint density at radius 1 is 0.875 bits per heavy atom. The highest BCUT2D eigenvalue weighted by Gasteiger charge is 2.07. The van der Waals surface area contributed by atoms with Crippen LogP contribution in [-0.2, 0) is 14.3 Å². The molecule has 94 valence electrons. The van der Waals surface area contributed by atoms with Crippen LogP contribution >= 0.6 is 0 Å². The predicted molar refractivity (Wildman–Crippen MR) is 64.4 cm³/mol. The second-order valence-electron chi connectivity index (χ2n) is 4.71. The number of carbonyl (C=O) groups is 2. The summed E-state index contributed by atoms with van der Waals surface area (Å²) in [7, 11) is 0. The number of hydrogen-bond donors (Lipinski definition) is 0. The molecule has 0 atom stereocenters. The highest BCUT2D eigenvalue weighted by Crippen LogP contribution is 2.03. The van der Waals surface area contributed by atoms with Gasteiger partial charge in [-0.15, -0.1) is 0 Å². The van der Waals surface area contributed by atoms with Gasteiger partial charge in [-0.1, -0.05) is 27.7 Å². The second kappa shape index (κ2) is 8.45. The van der Waals surface area contributed by atoms with Crippen molar-refractivity contribution in [2.75, 3.05) is 13.2 Å². The Bertz CT molecular complexity index is 195. The molecule has 0 heterocycles. The van der Waals surface area contributed by atoms with E-state index in [0.29, 0.717) is 26.1 Å². The fraction of sp³-hybridized carbons (Fsp3) is 0.846. The fourth-order valence-corrected chi connectivity index (χ4v) is 1.20. The molecule has 0 saturated carbocycles. The molecule has 0 aliphatic rings. The van der Waals surface area contributed by atoms with Crippen LogP contribution in [0.4, 0.5) is 0 Å². The molecule has 0 bridgehead atoms. The van der Waals surface area contributed by atoms with Gasteiger partial charge in [0.15, 0.2) is 0 Å².